The number of aliphatic hydroxyl groups is 6. The maximum Gasteiger partial charge on any atom is 0.346 e. The summed E-state index contributed by atoms with van der Waals surface area (Å²) in [4.78, 5) is 60.1. The zero-order valence-electron chi connectivity index (χ0n) is 25.8. The number of aliphatic hydroxyl groups excluding tert-OH is 6. The maximum absolute atomic E-state index is 12.5. The SMILES string of the molecule is CC(=O)O[C@H]1[C@H](O)[C@@H](CO)O[C@H]1C1N=C(C2O[C@H](CO)[C@@H](O)[C@@H]2OC(C)=O)N(C2O[C@H](CO)[C@@H](O)[C@@H]2OC(C)=O)N1c1cc[nH]c(=O)n1. The van der Waals surface area contributed by atoms with Crippen LogP contribution in [-0.4, -0.2) is 169 Å². The van der Waals surface area contributed by atoms with Crippen molar-refractivity contribution in [2.75, 3.05) is 24.8 Å². The van der Waals surface area contributed by atoms with Crippen LogP contribution >= 0.6 is 0 Å². The fourth-order valence-electron chi connectivity index (χ4n) is 6.18. The second kappa shape index (κ2) is 14.4. The van der Waals surface area contributed by atoms with Crippen molar-refractivity contribution in [2.24, 2.45) is 4.99 Å². The van der Waals surface area contributed by atoms with Gasteiger partial charge in [0.25, 0.3) is 0 Å². The number of amidine groups is 1. The molecular formula is C27H37N5O16. The van der Waals surface area contributed by atoms with E-state index in [0.29, 0.717) is 0 Å². The Kier molecular flexibility index (Phi) is 10.6. The number of aliphatic imine (C=N–C) groups is 1. The largest absolute Gasteiger partial charge is 0.457 e. The molecule has 3 saturated heterocycles. The monoisotopic (exact) mass is 687 g/mol. The first kappa shape index (κ1) is 35.5. The van der Waals surface area contributed by atoms with E-state index in [-0.39, 0.29) is 11.7 Å². The summed E-state index contributed by atoms with van der Waals surface area (Å²) in [5, 5.41) is 65.2. The van der Waals surface area contributed by atoms with Gasteiger partial charge in [0.2, 0.25) is 0 Å². The molecule has 21 heteroatoms. The zero-order chi connectivity index (χ0) is 35.0. The highest BCUT2D eigenvalue weighted by atomic mass is 16.6. The van der Waals surface area contributed by atoms with Crippen molar-refractivity contribution in [1.29, 1.82) is 0 Å². The molecular weight excluding hydrogens is 650 g/mol. The first-order chi connectivity index (χ1) is 22.8. The molecule has 3 unspecified atom stereocenters. The van der Waals surface area contributed by atoms with Crippen molar-refractivity contribution in [3.05, 3.63) is 22.7 Å². The summed E-state index contributed by atoms with van der Waals surface area (Å²) in [7, 11) is 0. The third-order valence-electron chi connectivity index (χ3n) is 8.13. The van der Waals surface area contributed by atoms with Crippen LogP contribution in [0.25, 0.3) is 0 Å². The van der Waals surface area contributed by atoms with Gasteiger partial charge in [-0.05, 0) is 6.07 Å². The molecule has 1 aromatic heterocycles. The lowest BCUT2D eigenvalue weighted by Crippen LogP contribution is -2.61. The van der Waals surface area contributed by atoms with E-state index in [9.17, 15) is 49.8 Å². The van der Waals surface area contributed by atoms with Crippen molar-refractivity contribution < 1.29 is 73.4 Å². The fourth-order valence-corrected chi connectivity index (χ4v) is 6.18. The molecule has 0 saturated carbocycles. The number of hydrazine groups is 1. The molecule has 3 fully saturated rings. The van der Waals surface area contributed by atoms with Crippen LogP contribution in [0, 0.1) is 0 Å². The number of esters is 3. The average molecular weight is 688 g/mol. The molecule has 0 aromatic carbocycles. The molecule has 0 radical (unpaired) electrons. The van der Waals surface area contributed by atoms with Gasteiger partial charge in [-0.1, -0.05) is 0 Å². The number of hydrogen-bond acceptors (Lipinski definition) is 20. The van der Waals surface area contributed by atoms with Gasteiger partial charge in [-0.3, -0.25) is 14.4 Å². The molecule has 266 valence electrons. The molecule has 4 aliphatic heterocycles. The van der Waals surface area contributed by atoms with Gasteiger partial charge >= 0.3 is 23.6 Å². The van der Waals surface area contributed by atoms with Gasteiger partial charge in [0.15, 0.2) is 48.5 Å². The number of carbonyl (C=O) groups excluding carboxylic acids is 3. The maximum atomic E-state index is 12.5. The Balaban J connectivity index is 1.74. The lowest BCUT2D eigenvalue weighted by Gasteiger charge is -2.41. The van der Waals surface area contributed by atoms with E-state index < -0.39 is 123 Å². The van der Waals surface area contributed by atoms with Crippen molar-refractivity contribution >= 4 is 29.6 Å². The van der Waals surface area contributed by atoms with Crippen LogP contribution in [-0.2, 0) is 42.8 Å². The summed E-state index contributed by atoms with van der Waals surface area (Å²) in [5.41, 5.74) is -0.861. The van der Waals surface area contributed by atoms with E-state index in [0.717, 1.165) is 30.8 Å². The number of nitrogens with one attached hydrogen (secondary N) is 1. The van der Waals surface area contributed by atoms with E-state index >= 15 is 0 Å². The Morgan fingerprint density at radius 2 is 1.31 bits per heavy atom. The second-order valence-corrected chi connectivity index (χ2v) is 11.4. The Bertz CT molecular complexity index is 1440. The van der Waals surface area contributed by atoms with E-state index in [1.165, 1.54) is 12.3 Å². The average Bonchev–Trinajstić information content (AvgIpc) is 3.74. The molecule has 13 atom stereocenters. The number of aromatic nitrogens is 2. The van der Waals surface area contributed by atoms with E-state index in [4.69, 9.17) is 33.4 Å². The Labute approximate surface area is 271 Å². The lowest BCUT2D eigenvalue weighted by atomic mass is 10.1. The van der Waals surface area contributed by atoms with Crippen molar-refractivity contribution in [2.45, 2.75) is 100 Å². The van der Waals surface area contributed by atoms with Gasteiger partial charge in [-0.15, -0.1) is 0 Å². The number of ether oxygens (including phenoxy) is 6. The van der Waals surface area contributed by atoms with Gasteiger partial charge in [0.1, 0.15) is 42.7 Å². The zero-order valence-corrected chi connectivity index (χ0v) is 25.8. The Morgan fingerprint density at radius 3 is 1.90 bits per heavy atom. The van der Waals surface area contributed by atoms with Crippen LogP contribution in [0.2, 0.25) is 0 Å². The Hall–Kier alpha value is -3.80. The summed E-state index contributed by atoms with van der Waals surface area (Å²) in [6.07, 6.45) is -18.3. The molecule has 0 aliphatic carbocycles. The molecule has 0 spiro atoms. The van der Waals surface area contributed by atoms with Crippen LogP contribution in [0.4, 0.5) is 5.82 Å². The number of H-pyrrole nitrogens is 1. The quantitative estimate of drug-likeness (QED) is 0.0892. The van der Waals surface area contributed by atoms with E-state index in [1.54, 1.807) is 0 Å². The predicted molar refractivity (Wildman–Crippen MR) is 152 cm³/mol. The van der Waals surface area contributed by atoms with Gasteiger partial charge in [-0.2, -0.15) is 4.98 Å². The van der Waals surface area contributed by atoms with Crippen LogP contribution in [0.15, 0.2) is 22.1 Å². The number of anilines is 1. The fraction of sp³-hybridized carbons (Fsp3) is 0.704. The number of carbonyl (C=O) groups is 3. The van der Waals surface area contributed by atoms with Crippen molar-refractivity contribution in [3.63, 3.8) is 0 Å². The van der Waals surface area contributed by atoms with Crippen LogP contribution in [0.1, 0.15) is 20.8 Å². The highest BCUT2D eigenvalue weighted by Gasteiger charge is 2.61. The number of nitrogens with zero attached hydrogens (tertiary/aromatic N) is 4. The van der Waals surface area contributed by atoms with Gasteiger partial charge < -0.3 is 64.0 Å². The highest BCUT2D eigenvalue weighted by Crippen LogP contribution is 2.41. The summed E-state index contributed by atoms with van der Waals surface area (Å²) >= 11 is 0. The normalized spacial score (nSPS) is 37.9. The molecule has 5 heterocycles. The first-order valence-corrected chi connectivity index (χ1v) is 14.9. The molecule has 21 nitrogen and oxygen atoms in total. The highest BCUT2D eigenvalue weighted by molar-refractivity contribution is 5.92. The summed E-state index contributed by atoms with van der Waals surface area (Å²) in [6.45, 7) is 0.970. The third-order valence-corrected chi connectivity index (χ3v) is 8.13. The topological polar surface area (TPSA) is 293 Å². The van der Waals surface area contributed by atoms with Crippen molar-refractivity contribution in [3.8, 4) is 0 Å². The minimum absolute atomic E-state index is 0.206. The minimum atomic E-state index is -1.64. The van der Waals surface area contributed by atoms with E-state index in [2.05, 4.69) is 9.97 Å². The summed E-state index contributed by atoms with van der Waals surface area (Å²) in [5.74, 6) is -3.05. The Morgan fingerprint density at radius 1 is 0.792 bits per heavy atom. The lowest BCUT2D eigenvalue weighted by molar-refractivity contribution is -0.159. The molecule has 0 bridgehead atoms. The van der Waals surface area contributed by atoms with E-state index in [1.807, 2.05) is 0 Å². The molecule has 7 N–H and O–H groups in total. The summed E-state index contributed by atoms with van der Waals surface area (Å²) < 4.78 is 34.0. The molecule has 48 heavy (non-hydrogen) atoms. The number of aromatic amines is 1. The first-order valence-electron chi connectivity index (χ1n) is 14.9. The summed E-state index contributed by atoms with van der Waals surface area (Å²) in [6, 6.07) is 1.30. The molecule has 5 rings (SSSR count). The molecule has 4 aliphatic rings. The van der Waals surface area contributed by atoms with Gasteiger partial charge in [0, 0.05) is 27.0 Å². The predicted octanol–water partition coefficient (Wildman–Crippen LogP) is -5.35. The molecule has 1 aromatic rings. The smallest absolute Gasteiger partial charge is 0.346 e. The number of hydrogen-bond donors (Lipinski definition) is 7. The third kappa shape index (κ3) is 6.60. The minimum Gasteiger partial charge on any atom is -0.457 e. The standard InChI is InChI=1S/C27H37N5O16/c1-9(36)43-19-16(39)12(6-33)46-22(19)24-30-25(23-20(44-10(2)37)17(40)13(7-34)47-23)32(31(24)15-4-5-28-27(42)29-15)26-21(45-11(3)38)18(41)14(8-35)48-26/h4-5,12-14,16-24,26,33-35,39-41H,6-8H2,1-3H3,(H,28,29,42)/t12-,13-,14-,16-,17-,18-,19+,20+,21+,22-,23?,24?,26?/m1/s1. The van der Waals surface area contributed by atoms with Crippen LogP contribution in [0.3, 0.4) is 0 Å². The second-order valence-electron chi connectivity index (χ2n) is 11.4. The van der Waals surface area contributed by atoms with Crippen molar-refractivity contribution in [1.82, 2.24) is 15.0 Å². The van der Waals surface area contributed by atoms with Gasteiger partial charge in [0.05, 0.1) is 19.8 Å². The van der Waals surface area contributed by atoms with Crippen LogP contribution < -0.4 is 10.7 Å². The van der Waals surface area contributed by atoms with Gasteiger partial charge in [-0.25, -0.2) is 19.8 Å². The van der Waals surface area contributed by atoms with Crippen LogP contribution in [0.5, 0.6) is 0 Å². The molecule has 0 amide bonds. The number of rotatable bonds is 10.